The Balaban J connectivity index is 1.24. The zero-order chi connectivity index (χ0) is 35.7. The highest BCUT2D eigenvalue weighted by atomic mass is 28.4. The lowest BCUT2D eigenvalue weighted by Gasteiger charge is -2.43. The van der Waals surface area contributed by atoms with E-state index in [1.165, 1.54) is 10.4 Å². The summed E-state index contributed by atoms with van der Waals surface area (Å²) >= 11 is 0. The lowest BCUT2D eigenvalue weighted by molar-refractivity contribution is -0.0961. The first-order valence-corrected chi connectivity index (χ1v) is 20.3. The number of benzene rings is 3. The fourth-order valence-corrected chi connectivity index (χ4v) is 12.3. The molecule has 6 heteroatoms. The predicted octanol–water partition coefficient (Wildman–Crippen LogP) is 9.49. The van der Waals surface area contributed by atoms with Crippen molar-refractivity contribution in [2.75, 3.05) is 13.7 Å². The maximum Gasteiger partial charge on any atom is 0.261 e. The van der Waals surface area contributed by atoms with Crippen LogP contribution in [-0.4, -0.2) is 46.4 Å². The maximum absolute atomic E-state index is 7.17. The van der Waals surface area contributed by atoms with Crippen LogP contribution >= 0.6 is 0 Å². The van der Waals surface area contributed by atoms with Gasteiger partial charge in [-0.3, -0.25) is 0 Å². The molecule has 50 heavy (non-hydrogen) atoms. The lowest BCUT2D eigenvalue weighted by Crippen LogP contribution is -2.66. The highest BCUT2D eigenvalue weighted by molar-refractivity contribution is 6.99. The molecule has 0 spiro atoms. The Morgan fingerprint density at radius 2 is 1.54 bits per heavy atom. The fraction of sp³-hybridized carbons (Fsp3) is 0.455. The SMILES string of the molecule is C=C(C)C/C=C/C(=C)C[C@@H](C)[C@H]1OC(c2ccc(OC)cc2)O[C@@H]1[C@@H]1CC[C@H](CCCO[Si](c2ccccc2)(c2ccccc2)C(C)(C)C)O1. The van der Waals surface area contributed by atoms with Crippen LogP contribution in [0.2, 0.25) is 5.04 Å². The molecule has 2 aliphatic rings. The summed E-state index contributed by atoms with van der Waals surface area (Å²) in [4.78, 5) is 0. The van der Waals surface area contributed by atoms with Gasteiger partial charge in [0.05, 0.1) is 25.4 Å². The highest BCUT2D eigenvalue weighted by Crippen LogP contribution is 2.42. The van der Waals surface area contributed by atoms with Crippen molar-refractivity contribution in [2.45, 2.75) is 109 Å². The fourth-order valence-electron chi connectivity index (χ4n) is 7.66. The summed E-state index contributed by atoms with van der Waals surface area (Å²) in [6.07, 6.45) is 9.21. The summed E-state index contributed by atoms with van der Waals surface area (Å²) in [7, 11) is -0.879. The second-order valence-electron chi connectivity index (χ2n) is 15.2. The molecule has 2 fully saturated rings. The summed E-state index contributed by atoms with van der Waals surface area (Å²) < 4.78 is 32.8. The molecule has 1 unspecified atom stereocenters. The Bertz CT molecular complexity index is 1510. The first-order chi connectivity index (χ1) is 24.0. The Hall–Kier alpha value is -3.26. The molecule has 6 atom stereocenters. The van der Waals surface area contributed by atoms with Gasteiger partial charge in [0.1, 0.15) is 11.9 Å². The van der Waals surface area contributed by atoms with Gasteiger partial charge in [-0.05, 0) is 78.9 Å². The molecule has 0 amide bonds. The molecule has 3 aromatic rings. The van der Waals surface area contributed by atoms with Crippen LogP contribution < -0.4 is 15.1 Å². The quantitative estimate of drug-likeness (QED) is 0.0647. The molecule has 0 bridgehead atoms. The lowest BCUT2D eigenvalue weighted by atomic mass is 9.90. The van der Waals surface area contributed by atoms with Crippen molar-refractivity contribution < 1.29 is 23.4 Å². The minimum atomic E-state index is -2.56. The molecule has 2 saturated heterocycles. The van der Waals surface area contributed by atoms with Crippen LogP contribution in [0.3, 0.4) is 0 Å². The van der Waals surface area contributed by atoms with Gasteiger partial charge in [-0.15, -0.1) is 0 Å². The molecule has 5 nitrogen and oxygen atoms in total. The van der Waals surface area contributed by atoms with Crippen LogP contribution in [0, 0.1) is 5.92 Å². The van der Waals surface area contributed by atoms with Gasteiger partial charge in [0.25, 0.3) is 8.32 Å². The molecule has 0 saturated carbocycles. The van der Waals surface area contributed by atoms with Crippen molar-refractivity contribution in [3.8, 4) is 5.75 Å². The largest absolute Gasteiger partial charge is 0.497 e. The van der Waals surface area contributed by atoms with E-state index in [-0.39, 0.29) is 35.4 Å². The normalized spacial score (nSPS) is 23.3. The average Bonchev–Trinajstić information content (AvgIpc) is 3.76. The standard InChI is InChI=1S/C44H58O5Si/c1-32(2)17-15-18-33(3)31-34(4)41-42(49-43(48-41)35-24-26-36(45-8)27-25-35)40-29-28-37(47-40)19-16-30-46-50(44(5,6)7,38-20-11-9-12-21-38)39-22-13-10-14-23-39/h9-15,18,20-27,34,37,40-43H,1,3,16-17,19,28-31H2,2,4-8H3/b18-15+/t34-,37+,40+,41-,42-,43?/m1/s1. The topological polar surface area (TPSA) is 46.2 Å². The molecule has 0 radical (unpaired) electrons. The smallest absolute Gasteiger partial charge is 0.261 e. The van der Waals surface area contributed by atoms with Crippen molar-refractivity contribution in [3.63, 3.8) is 0 Å². The van der Waals surface area contributed by atoms with E-state index in [9.17, 15) is 0 Å². The highest BCUT2D eigenvalue weighted by Gasteiger charge is 2.50. The van der Waals surface area contributed by atoms with Crippen molar-refractivity contribution in [1.29, 1.82) is 0 Å². The van der Waals surface area contributed by atoms with E-state index in [0.29, 0.717) is 6.61 Å². The number of hydrogen-bond acceptors (Lipinski definition) is 5. The van der Waals surface area contributed by atoms with Gasteiger partial charge in [-0.1, -0.05) is 137 Å². The minimum absolute atomic E-state index is 0.0273. The van der Waals surface area contributed by atoms with Crippen LogP contribution in [0.1, 0.15) is 85.0 Å². The van der Waals surface area contributed by atoms with E-state index in [2.05, 4.69) is 114 Å². The molecule has 2 aliphatic heterocycles. The summed E-state index contributed by atoms with van der Waals surface area (Å²) in [6.45, 7) is 20.3. The van der Waals surface area contributed by atoms with E-state index in [0.717, 1.165) is 61.0 Å². The molecule has 0 aliphatic carbocycles. The third-order valence-corrected chi connectivity index (χ3v) is 15.2. The van der Waals surface area contributed by atoms with Gasteiger partial charge < -0.3 is 23.4 Å². The van der Waals surface area contributed by atoms with Crippen LogP contribution in [0.15, 0.2) is 121 Å². The zero-order valence-electron chi connectivity index (χ0n) is 31.1. The molecule has 0 N–H and O–H groups in total. The van der Waals surface area contributed by atoms with Gasteiger partial charge >= 0.3 is 0 Å². The van der Waals surface area contributed by atoms with Gasteiger partial charge in [0, 0.05) is 12.2 Å². The Kier molecular flexibility index (Phi) is 13.1. The summed E-state index contributed by atoms with van der Waals surface area (Å²) in [5, 5.41) is 2.59. The van der Waals surface area contributed by atoms with Crippen LogP contribution in [0.4, 0.5) is 0 Å². The first-order valence-electron chi connectivity index (χ1n) is 18.4. The molecule has 3 aromatic carbocycles. The molecular weight excluding hydrogens is 637 g/mol. The monoisotopic (exact) mass is 694 g/mol. The van der Waals surface area contributed by atoms with E-state index < -0.39 is 14.6 Å². The van der Waals surface area contributed by atoms with Crippen molar-refractivity contribution in [1.82, 2.24) is 0 Å². The number of methoxy groups -OCH3 is 1. The second-order valence-corrected chi connectivity index (χ2v) is 19.5. The van der Waals surface area contributed by atoms with Gasteiger partial charge in [0.2, 0.25) is 0 Å². The van der Waals surface area contributed by atoms with Crippen molar-refractivity contribution >= 4 is 18.7 Å². The van der Waals surface area contributed by atoms with Gasteiger partial charge in [0.15, 0.2) is 6.29 Å². The maximum atomic E-state index is 7.17. The summed E-state index contributed by atoms with van der Waals surface area (Å²) in [6, 6.07) is 29.7. The number of hydrogen-bond donors (Lipinski definition) is 0. The van der Waals surface area contributed by atoms with Crippen molar-refractivity contribution in [3.05, 3.63) is 127 Å². The Labute approximate surface area is 302 Å². The molecule has 0 aromatic heterocycles. The number of allylic oxidation sites excluding steroid dienone is 4. The number of rotatable bonds is 16. The predicted molar refractivity (Wildman–Crippen MR) is 208 cm³/mol. The third kappa shape index (κ3) is 9.14. The molecular formula is C44H58O5Si. The van der Waals surface area contributed by atoms with E-state index in [4.69, 9.17) is 23.4 Å². The van der Waals surface area contributed by atoms with E-state index in [1.807, 2.05) is 31.2 Å². The van der Waals surface area contributed by atoms with Gasteiger partial charge in [-0.2, -0.15) is 0 Å². The van der Waals surface area contributed by atoms with Crippen molar-refractivity contribution in [2.24, 2.45) is 5.92 Å². The van der Waals surface area contributed by atoms with Crippen LogP contribution in [0.5, 0.6) is 5.75 Å². The summed E-state index contributed by atoms with van der Waals surface area (Å²) in [5.41, 5.74) is 3.21. The molecule has 2 heterocycles. The Morgan fingerprint density at radius 1 is 0.900 bits per heavy atom. The van der Waals surface area contributed by atoms with Crippen LogP contribution in [0.25, 0.3) is 0 Å². The minimum Gasteiger partial charge on any atom is -0.497 e. The van der Waals surface area contributed by atoms with Gasteiger partial charge in [-0.25, -0.2) is 0 Å². The summed E-state index contributed by atoms with van der Waals surface area (Å²) in [5.74, 6) is 1.01. The third-order valence-electron chi connectivity index (χ3n) is 10.2. The number of ether oxygens (including phenoxy) is 4. The Morgan fingerprint density at radius 3 is 2.12 bits per heavy atom. The zero-order valence-corrected chi connectivity index (χ0v) is 32.1. The van der Waals surface area contributed by atoms with E-state index >= 15 is 0 Å². The average molecular weight is 695 g/mol. The molecule has 268 valence electrons. The van der Waals surface area contributed by atoms with Crippen LogP contribution in [-0.2, 0) is 18.6 Å². The molecule has 5 rings (SSSR count). The second kappa shape index (κ2) is 17.3. The first kappa shape index (κ1) is 38.0. The van der Waals surface area contributed by atoms with E-state index in [1.54, 1.807) is 7.11 Å².